The quantitative estimate of drug-likeness (QED) is 0.835. The van der Waals surface area contributed by atoms with Crippen molar-refractivity contribution in [1.82, 2.24) is 10.2 Å². The summed E-state index contributed by atoms with van der Waals surface area (Å²) in [7, 11) is 0. The van der Waals surface area contributed by atoms with Gasteiger partial charge in [-0.3, -0.25) is 4.90 Å². The molecule has 0 aromatic rings. The molecule has 2 atom stereocenters. The molecule has 0 aromatic heterocycles. The monoisotopic (exact) mass is 266 g/mol. The summed E-state index contributed by atoms with van der Waals surface area (Å²) in [5.41, 5.74) is 0. The lowest BCUT2D eigenvalue weighted by Crippen LogP contribution is -2.47. The SMILES string of the molecule is CCC(C1CCCCC1)N1CCCNC(C(C)C)C1. The van der Waals surface area contributed by atoms with Crippen LogP contribution in [-0.2, 0) is 0 Å². The summed E-state index contributed by atoms with van der Waals surface area (Å²) in [5.74, 6) is 1.73. The molecular weight excluding hydrogens is 232 g/mol. The number of rotatable bonds is 4. The van der Waals surface area contributed by atoms with Crippen molar-refractivity contribution in [2.24, 2.45) is 11.8 Å². The Bertz CT molecular complexity index is 246. The van der Waals surface area contributed by atoms with Crippen LogP contribution in [0.15, 0.2) is 0 Å². The highest BCUT2D eigenvalue weighted by atomic mass is 15.2. The highest BCUT2D eigenvalue weighted by Crippen LogP contribution is 2.31. The molecule has 1 aliphatic carbocycles. The Morgan fingerprint density at radius 3 is 2.47 bits per heavy atom. The molecule has 112 valence electrons. The molecule has 2 unspecified atom stereocenters. The zero-order valence-electron chi connectivity index (χ0n) is 13.3. The number of hydrogen-bond donors (Lipinski definition) is 1. The third-order valence-corrected chi connectivity index (χ3v) is 5.35. The van der Waals surface area contributed by atoms with Crippen LogP contribution in [-0.4, -0.2) is 36.6 Å². The van der Waals surface area contributed by atoms with Gasteiger partial charge in [0.15, 0.2) is 0 Å². The van der Waals surface area contributed by atoms with Crippen LogP contribution >= 0.6 is 0 Å². The van der Waals surface area contributed by atoms with Gasteiger partial charge in [0.2, 0.25) is 0 Å². The molecule has 0 bridgehead atoms. The van der Waals surface area contributed by atoms with E-state index in [1.807, 2.05) is 0 Å². The van der Waals surface area contributed by atoms with Gasteiger partial charge in [-0.1, -0.05) is 40.0 Å². The van der Waals surface area contributed by atoms with Crippen LogP contribution in [0, 0.1) is 11.8 Å². The van der Waals surface area contributed by atoms with Crippen LogP contribution < -0.4 is 5.32 Å². The van der Waals surface area contributed by atoms with Crippen molar-refractivity contribution in [2.75, 3.05) is 19.6 Å². The molecule has 2 heteroatoms. The van der Waals surface area contributed by atoms with Crippen molar-refractivity contribution in [3.63, 3.8) is 0 Å². The minimum atomic E-state index is 0.695. The molecular formula is C17H34N2. The van der Waals surface area contributed by atoms with Gasteiger partial charge in [-0.05, 0) is 50.6 Å². The zero-order chi connectivity index (χ0) is 13.7. The van der Waals surface area contributed by atoms with Crippen LogP contribution in [0.3, 0.4) is 0 Å². The average molecular weight is 266 g/mol. The highest BCUT2D eigenvalue weighted by molar-refractivity contribution is 4.86. The second-order valence-electron chi connectivity index (χ2n) is 7.03. The van der Waals surface area contributed by atoms with Gasteiger partial charge in [0, 0.05) is 18.6 Å². The molecule has 2 fully saturated rings. The van der Waals surface area contributed by atoms with Gasteiger partial charge in [0.1, 0.15) is 0 Å². The fraction of sp³-hybridized carbons (Fsp3) is 1.00. The van der Waals surface area contributed by atoms with Crippen LogP contribution in [0.1, 0.15) is 65.7 Å². The number of nitrogens with one attached hydrogen (secondary N) is 1. The number of nitrogens with zero attached hydrogens (tertiary/aromatic N) is 1. The maximum atomic E-state index is 3.75. The van der Waals surface area contributed by atoms with E-state index >= 15 is 0 Å². The summed E-state index contributed by atoms with van der Waals surface area (Å²) in [6.45, 7) is 10.9. The molecule has 1 saturated heterocycles. The van der Waals surface area contributed by atoms with Gasteiger partial charge < -0.3 is 5.32 Å². The van der Waals surface area contributed by atoms with Crippen LogP contribution in [0.4, 0.5) is 0 Å². The summed E-state index contributed by atoms with van der Waals surface area (Å²) in [6.07, 6.45) is 10.1. The molecule has 1 N–H and O–H groups in total. The Balaban J connectivity index is 1.98. The first kappa shape index (κ1) is 15.3. The molecule has 1 saturated carbocycles. The smallest absolute Gasteiger partial charge is 0.0218 e. The van der Waals surface area contributed by atoms with Gasteiger partial charge in [0.05, 0.1) is 0 Å². The fourth-order valence-corrected chi connectivity index (χ4v) is 4.13. The van der Waals surface area contributed by atoms with E-state index in [4.69, 9.17) is 0 Å². The lowest BCUT2D eigenvalue weighted by Gasteiger charge is -2.39. The van der Waals surface area contributed by atoms with E-state index in [2.05, 4.69) is 31.0 Å². The Kier molecular flexibility index (Phi) is 6.15. The van der Waals surface area contributed by atoms with E-state index in [1.54, 1.807) is 0 Å². The third kappa shape index (κ3) is 4.19. The van der Waals surface area contributed by atoms with Crippen molar-refractivity contribution in [3.8, 4) is 0 Å². The average Bonchev–Trinajstić information content (AvgIpc) is 2.67. The summed E-state index contributed by atoms with van der Waals surface area (Å²) >= 11 is 0. The van der Waals surface area contributed by atoms with Crippen molar-refractivity contribution < 1.29 is 0 Å². The Hall–Kier alpha value is -0.0800. The van der Waals surface area contributed by atoms with Crippen LogP contribution in [0.5, 0.6) is 0 Å². The number of hydrogen-bond acceptors (Lipinski definition) is 2. The minimum Gasteiger partial charge on any atom is -0.312 e. The maximum absolute atomic E-state index is 3.75. The first-order chi connectivity index (χ1) is 9.22. The summed E-state index contributed by atoms with van der Waals surface area (Å²) < 4.78 is 0. The molecule has 0 aromatic carbocycles. The summed E-state index contributed by atoms with van der Waals surface area (Å²) in [5, 5.41) is 3.75. The third-order valence-electron chi connectivity index (χ3n) is 5.35. The maximum Gasteiger partial charge on any atom is 0.0218 e. The van der Waals surface area contributed by atoms with E-state index in [9.17, 15) is 0 Å². The fourth-order valence-electron chi connectivity index (χ4n) is 4.13. The van der Waals surface area contributed by atoms with Gasteiger partial charge in [-0.2, -0.15) is 0 Å². The van der Waals surface area contributed by atoms with Crippen LogP contribution in [0.25, 0.3) is 0 Å². The van der Waals surface area contributed by atoms with Gasteiger partial charge in [0.25, 0.3) is 0 Å². The normalized spacial score (nSPS) is 29.4. The van der Waals surface area contributed by atoms with Crippen molar-refractivity contribution in [3.05, 3.63) is 0 Å². The summed E-state index contributed by atoms with van der Waals surface area (Å²) in [6, 6.07) is 1.54. The van der Waals surface area contributed by atoms with E-state index in [0.717, 1.165) is 17.9 Å². The first-order valence-corrected chi connectivity index (χ1v) is 8.69. The summed E-state index contributed by atoms with van der Waals surface area (Å²) in [4.78, 5) is 2.83. The zero-order valence-corrected chi connectivity index (χ0v) is 13.3. The second kappa shape index (κ2) is 7.64. The van der Waals surface area contributed by atoms with Gasteiger partial charge in [-0.25, -0.2) is 0 Å². The molecule has 19 heavy (non-hydrogen) atoms. The highest BCUT2D eigenvalue weighted by Gasteiger charge is 2.30. The van der Waals surface area contributed by atoms with Crippen LogP contribution in [0.2, 0.25) is 0 Å². The van der Waals surface area contributed by atoms with Crippen molar-refractivity contribution in [2.45, 2.75) is 77.8 Å². The predicted octanol–water partition coefficient (Wildman–Crippen LogP) is 3.67. The van der Waals surface area contributed by atoms with E-state index in [0.29, 0.717) is 6.04 Å². The molecule has 2 nitrogen and oxygen atoms in total. The second-order valence-corrected chi connectivity index (χ2v) is 7.03. The topological polar surface area (TPSA) is 15.3 Å². The Morgan fingerprint density at radius 2 is 1.84 bits per heavy atom. The van der Waals surface area contributed by atoms with Crippen molar-refractivity contribution >= 4 is 0 Å². The standard InChI is InChI=1S/C17H34N2/c1-4-17(15-9-6-5-7-10-15)19-12-8-11-18-16(13-19)14(2)3/h14-18H,4-13H2,1-3H3. The first-order valence-electron chi connectivity index (χ1n) is 8.69. The predicted molar refractivity (Wildman–Crippen MR) is 83.5 cm³/mol. The van der Waals surface area contributed by atoms with E-state index in [-0.39, 0.29) is 0 Å². The molecule has 1 aliphatic heterocycles. The minimum absolute atomic E-state index is 0.695. The molecule has 1 heterocycles. The van der Waals surface area contributed by atoms with Crippen molar-refractivity contribution in [1.29, 1.82) is 0 Å². The molecule has 0 radical (unpaired) electrons. The Labute approximate surface area is 120 Å². The van der Waals surface area contributed by atoms with E-state index < -0.39 is 0 Å². The van der Waals surface area contributed by atoms with Gasteiger partial charge >= 0.3 is 0 Å². The van der Waals surface area contributed by atoms with Gasteiger partial charge in [-0.15, -0.1) is 0 Å². The lowest BCUT2D eigenvalue weighted by atomic mass is 9.82. The molecule has 0 amide bonds. The molecule has 0 spiro atoms. The largest absolute Gasteiger partial charge is 0.312 e. The Morgan fingerprint density at radius 1 is 1.11 bits per heavy atom. The lowest BCUT2D eigenvalue weighted by molar-refractivity contribution is 0.105. The molecule has 2 rings (SSSR count). The van der Waals surface area contributed by atoms with E-state index in [1.165, 1.54) is 64.6 Å². The molecule has 2 aliphatic rings.